The fraction of sp³-hybridized carbons (Fsp3) is 0.364. The van der Waals surface area contributed by atoms with Crippen molar-refractivity contribution in [2.24, 2.45) is 0 Å². The number of nitrogens with one attached hydrogen (secondary N) is 2. The molecule has 0 radical (unpaired) electrons. The van der Waals surface area contributed by atoms with Crippen molar-refractivity contribution >= 4 is 17.0 Å². The van der Waals surface area contributed by atoms with Crippen LogP contribution >= 0.6 is 0 Å². The zero-order valence-electron chi connectivity index (χ0n) is 18.2. The molecular weight excluding hydrogens is 435 g/mol. The summed E-state index contributed by atoms with van der Waals surface area (Å²) in [4.78, 5) is 14.6. The first-order valence-corrected chi connectivity index (χ1v) is 10.6. The molecule has 0 aliphatic carbocycles. The van der Waals surface area contributed by atoms with Gasteiger partial charge in [0, 0.05) is 29.4 Å². The highest BCUT2D eigenvalue weighted by atomic mass is 19.4. The summed E-state index contributed by atoms with van der Waals surface area (Å²) < 4.78 is 44.8. The molecular formula is C22H24F3N7O. The van der Waals surface area contributed by atoms with Gasteiger partial charge in [-0.1, -0.05) is 11.6 Å². The van der Waals surface area contributed by atoms with Crippen LogP contribution in [0.1, 0.15) is 37.4 Å². The molecule has 4 aromatic rings. The van der Waals surface area contributed by atoms with Gasteiger partial charge in [-0.15, -0.1) is 0 Å². The van der Waals surface area contributed by atoms with Crippen LogP contribution in [0.5, 0.6) is 0 Å². The number of hydrogen-bond donors (Lipinski definition) is 3. The minimum atomic E-state index is -4.61. The van der Waals surface area contributed by atoms with Crippen molar-refractivity contribution in [3.05, 3.63) is 42.0 Å². The molecule has 174 valence electrons. The van der Waals surface area contributed by atoms with Crippen LogP contribution in [0.4, 0.5) is 19.1 Å². The van der Waals surface area contributed by atoms with Crippen molar-refractivity contribution in [3.8, 4) is 22.5 Å². The van der Waals surface area contributed by atoms with E-state index >= 15 is 0 Å². The number of aromatic nitrogens is 5. The van der Waals surface area contributed by atoms with Crippen LogP contribution in [0, 0.1) is 6.92 Å². The van der Waals surface area contributed by atoms with Crippen molar-refractivity contribution in [1.29, 1.82) is 0 Å². The van der Waals surface area contributed by atoms with Crippen LogP contribution in [0.3, 0.4) is 0 Å². The highest BCUT2D eigenvalue weighted by Gasteiger charge is 2.36. The number of hydrogen-bond acceptors (Lipinski definition) is 7. The Hall–Kier alpha value is -3.47. The molecule has 1 aliphatic rings. The van der Waals surface area contributed by atoms with Crippen molar-refractivity contribution < 1.29 is 17.7 Å². The molecule has 4 N–H and O–H groups in total. The summed E-state index contributed by atoms with van der Waals surface area (Å²) in [5.41, 5.74) is 6.82. The van der Waals surface area contributed by atoms with E-state index in [1.807, 2.05) is 0 Å². The minimum Gasteiger partial charge on any atom is -0.368 e. The molecule has 1 fully saturated rings. The number of nitrogen functional groups attached to an aromatic ring is 1. The number of fused-ring (bicyclic) bond motifs is 1. The van der Waals surface area contributed by atoms with E-state index in [0.29, 0.717) is 34.2 Å². The third-order valence-corrected chi connectivity index (χ3v) is 5.49. The molecule has 4 aromatic heterocycles. The van der Waals surface area contributed by atoms with Gasteiger partial charge >= 0.3 is 6.18 Å². The Kier molecular flexibility index (Phi) is 6.32. The van der Waals surface area contributed by atoms with Gasteiger partial charge in [0.05, 0.1) is 22.6 Å². The number of rotatable bonds is 2. The van der Waals surface area contributed by atoms with E-state index in [1.165, 1.54) is 38.3 Å². The van der Waals surface area contributed by atoms with Crippen molar-refractivity contribution in [3.63, 3.8) is 0 Å². The maximum Gasteiger partial charge on any atom is 0.419 e. The van der Waals surface area contributed by atoms with E-state index in [9.17, 15) is 13.2 Å². The molecule has 33 heavy (non-hydrogen) atoms. The molecule has 5 heterocycles. The van der Waals surface area contributed by atoms with Gasteiger partial charge in [-0.25, -0.2) is 15.0 Å². The summed E-state index contributed by atoms with van der Waals surface area (Å²) in [6, 6.07) is 4.12. The highest BCUT2D eigenvalue weighted by Crippen LogP contribution is 2.38. The van der Waals surface area contributed by atoms with Gasteiger partial charge in [0.2, 0.25) is 5.95 Å². The third-order valence-electron chi connectivity index (χ3n) is 5.49. The number of aromatic amines is 1. The Bertz CT molecular complexity index is 1240. The Morgan fingerprint density at radius 2 is 1.97 bits per heavy atom. The van der Waals surface area contributed by atoms with Crippen LogP contribution in [0.25, 0.3) is 33.5 Å². The highest BCUT2D eigenvalue weighted by molar-refractivity contribution is 5.94. The number of H-pyrrole nitrogens is 1. The van der Waals surface area contributed by atoms with Gasteiger partial charge in [-0.05, 0) is 45.4 Å². The van der Waals surface area contributed by atoms with Crippen LogP contribution < -0.4 is 11.1 Å². The molecule has 0 aromatic carbocycles. The first kappa shape index (κ1) is 22.7. The number of halogens is 3. The third kappa shape index (κ3) is 4.98. The molecule has 1 atom stereocenters. The number of piperidine rings is 1. The van der Waals surface area contributed by atoms with Gasteiger partial charge in [0.15, 0.2) is 0 Å². The summed E-state index contributed by atoms with van der Waals surface area (Å²) in [5, 5.41) is 7.65. The van der Waals surface area contributed by atoms with E-state index in [1.54, 1.807) is 19.1 Å². The Labute approximate surface area is 187 Å². The van der Waals surface area contributed by atoms with Gasteiger partial charge < -0.3 is 20.6 Å². The number of nitrogens with two attached hydrogens (primary N) is 1. The smallest absolute Gasteiger partial charge is 0.368 e. The number of anilines is 1. The molecule has 0 saturated carbocycles. The number of alkyl halides is 3. The summed E-state index contributed by atoms with van der Waals surface area (Å²) in [5.74, 6) is -0.243. The Balaban J connectivity index is 0.000000318. The van der Waals surface area contributed by atoms with Crippen molar-refractivity contribution in [1.82, 2.24) is 30.4 Å². The lowest BCUT2D eigenvalue weighted by Gasteiger charge is -2.18. The average molecular weight is 459 g/mol. The van der Waals surface area contributed by atoms with E-state index in [0.717, 1.165) is 6.04 Å². The lowest BCUT2D eigenvalue weighted by atomic mass is 10.1. The molecule has 5 rings (SSSR count). The second-order valence-corrected chi connectivity index (χ2v) is 7.95. The number of aryl methyl sites for hydroxylation is 1. The molecule has 11 heteroatoms. The van der Waals surface area contributed by atoms with E-state index in [-0.39, 0.29) is 17.2 Å². The summed E-state index contributed by atoms with van der Waals surface area (Å²) in [6.07, 6.45) is 3.12. The minimum absolute atomic E-state index is 0.238. The Morgan fingerprint density at radius 3 is 2.58 bits per heavy atom. The average Bonchev–Trinajstić information content (AvgIpc) is 3.39. The van der Waals surface area contributed by atoms with E-state index in [2.05, 4.69) is 37.3 Å². The standard InChI is InChI=1S/C16H11F3N6O.C6H13N/c1-7-10(6-26-25-7)12-3-2-8-9(4-21-14(8)23-12)13-11(16(17,18)19)5-22-15(20)24-13;1-6-4-2-3-5-7-6/h2-6H,1H3,(H,21,23)(H2,20,22,24);6-7H,2-5H2,1H3. The predicted molar refractivity (Wildman–Crippen MR) is 118 cm³/mol. The van der Waals surface area contributed by atoms with Crippen molar-refractivity contribution in [2.75, 3.05) is 12.3 Å². The molecule has 1 saturated heterocycles. The molecule has 0 bridgehead atoms. The van der Waals surface area contributed by atoms with Gasteiger partial charge in [0.1, 0.15) is 17.5 Å². The van der Waals surface area contributed by atoms with Crippen LogP contribution in [0.2, 0.25) is 0 Å². The van der Waals surface area contributed by atoms with E-state index < -0.39 is 11.7 Å². The monoisotopic (exact) mass is 459 g/mol. The largest absolute Gasteiger partial charge is 0.419 e. The van der Waals surface area contributed by atoms with Crippen molar-refractivity contribution in [2.45, 2.75) is 45.3 Å². The number of pyridine rings is 1. The first-order valence-electron chi connectivity index (χ1n) is 10.6. The predicted octanol–water partition coefficient (Wildman–Crippen LogP) is 4.73. The lowest BCUT2D eigenvalue weighted by Crippen LogP contribution is -2.30. The lowest BCUT2D eigenvalue weighted by molar-refractivity contribution is -0.137. The summed E-state index contributed by atoms with van der Waals surface area (Å²) >= 11 is 0. The van der Waals surface area contributed by atoms with Gasteiger partial charge in [-0.2, -0.15) is 13.2 Å². The first-order chi connectivity index (χ1) is 15.7. The molecule has 1 unspecified atom stereocenters. The fourth-order valence-corrected chi connectivity index (χ4v) is 3.72. The molecule has 0 spiro atoms. The van der Waals surface area contributed by atoms with E-state index in [4.69, 9.17) is 10.3 Å². The van der Waals surface area contributed by atoms with Gasteiger partial charge in [-0.3, -0.25) is 0 Å². The zero-order chi connectivity index (χ0) is 23.6. The summed E-state index contributed by atoms with van der Waals surface area (Å²) in [6.45, 7) is 5.25. The second kappa shape index (κ2) is 9.18. The quantitative estimate of drug-likeness (QED) is 0.396. The number of nitrogens with zero attached hydrogens (tertiary/aromatic N) is 4. The molecule has 8 nitrogen and oxygen atoms in total. The zero-order valence-corrected chi connectivity index (χ0v) is 18.2. The topological polar surface area (TPSA) is 119 Å². The Morgan fingerprint density at radius 1 is 1.15 bits per heavy atom. The molecule has 1 aliphatic heterocycles. The van der Waals surface area contributed by atoms with Crippen LogP contribution in [-0.2, 0) is 6.18 Å². The maximum atomic E-state index is 13.3. The van der Waals surface area contributed by atoms with Crippen LogP contribution in [0.15, 0.2) is 35.3 Å². The maximum absolute atomic E-state index is 13.3. The normalized spacial score (nSPS) is 16.5. The SMILES string of the molecule is CC1CCCCN1.Cc1nocc1-c1ccc2c(-c3nc(N)ncc3C(F)(F)F)c[nH]c2n1. The second-order valence-electron chi connectivity index (χ2n) is 7.95. The summed E-state index contributed by atoms with van der Waals surface area (Å²) in [7, 11) is 0. The fourth-order valence-electron chi connectivity index (χ4n) is 3.72. The van der Waals surface area contributed by atoms with Crippen LogP contribution in [-0.4, -0.2) is 37.7 Å². The molecule has 0 amide bonds. The van der Waals surface area contributed by atoms with Gasteiger partial charge in [0.25, 0.3) is 0 Å².